The Balaban J connectivity index is 0.00000420. The summed E-state index contributed by atoms with van der Waals surface area (Å²) in [6, 6.07) is 5.55. The van der Waals surface area contributed by atoms with Crippen LogP contribution in [0.1, 0.15) is 20.8 Å². The maximum absolute atomic E-state index is 12.8. The highest BCUT2D eigenvalue weighted by molar-refractivity contribution is 14.0. The van der Waals surface area contributed by atoms with Gasteiger partial charge in [0.05, 0.1) is 6.54 Å². The molecule has 3 N–H and O–H groups in total. The van der Waals surface area contributed by atoms with Crippen LogP contribution in [0.4, 0.5) is 9.18 Å². The number of aliphatic hydroxyl groups excluding tert-OH is 1. The Bertz CT molecular complexity index is 674. The molecule has 1 aliphatic rings. The Kier molecular flexibility index (Phi) is 9.90. The van der Waals surface area contributed by atoms with Gasteiger partial charge in [-0.1, -0.05) is 0 Å². The van der Waals surface area contributed by atoms with E-state index in [9.17, 15) is 14.3 Å². The van der Waals surface area contributed by atoms with E-state index in [0.29, 0.717) is 37.9 Å². The molecule has 1 aromatic rings. The first-order valence-corrected chi connectivity index (χ1v) is 9.23. The van der Waals surface area contributed by atoms with Gasteiger partial charge in [-0.3, -0.25) is 4.99 Å². The summed E-state index contributed by atoms with van der Waals surface area (Å²) in [5, 5.41) is 9.99. The van der Waals surface area contributed by atoms with Crippen molar-refractivity contribution in [2.45, 2.75) is 32.5 Å². The van der Waals surface area contributed by atoms with E-state index < -0.39 is 11.7 Å². The van der Waals surface area contributed by atoms with Crippen molar-refractivity contribution in [2.24, 2.45) is 10.7 Å². The Hall–Kier alpha value is -1.82. The number of rotatable bonds is 5. The highest BCUT2D eigenvalue weighted by Gasteiger charge is 2.26. The highest BCUT2D eigenvalue weighted by Crippen LogP contribution is 2.12. The summed E-state index contributed by atoms with van der Waals surface area (Å²) >= 11 is 0. The van der Waals surface area contributed by atoms with E-state index >= 15 is 0 Å². The van der Waals surface area contributed by atoms with Gasteiger partial charge in [0.1, 0.15) is 29.9 Å². The molecule has 0 saturated carbocycles. The van der Waals surface area contributed by atoms with Crippen molar-refractivity contribution in [3.05, 3.63) is 30.1 Å². The normalized spacial score (nSPS) is 16.1. The predicted octanol–water partition coefficient (Wildman–Crippen LogP) is 2.05. The van der Waals surface area contributed by atoms with Crippen LogP contribution in [0.15, 0.2) is 29.3 Å². The number of carbonyl (C=O) groups excluding carboxylic acids is 1. The summed E-state index contributed by atoms with van der Waals surface area (Å²) in [7, 11) is 0. The fourth-order valence-electron chi connectivity index (χ4n) is 2.52. The Morgan fingerprint density at radius 1 is 1.21 bits per heavy atom. The van der Waals surface area contributed by atoms with Crippen LogP contribution in [0.3, 0.4) is 0 Å². The van der Waals surface area contributed by atoms with Crippen molar-refractivity contribution >= 4 is 36.0 Å². The van der Waals surface area contributed by atoms with E-state index in [-0.39, 0.29) is 49.0 Å². The van der Waals surface area contributed by atoms with Gasteiger partial charge in [-0.25, -0.2) is 9.18 Å². The van der Waals surface area contributed by atoms with Crippen molar-refractivity contribution in [1.29, 1.82) is 0 Å². The summed E-state index contributed by atoms with van der Waals surface area (Å²) in [4.78, 5) is 19.8. The zero-order valence-corrected chi connectivity index (χ0v) is 19.3. The molecule has 2 rings (SSSR count). The molecule has 1 heterocycles. The maximum Gasteiger partial charge on any atom is 0.410 e. The number of aliphatic hydroxyl groups is 1. The number of nitrogens with two attached hydrogens (primary N) is 1. The molecule has 10 heteroatoms. The molecule has 0 aromatic heterocycles. The van der Waals surface area contributed by atoms with E-state index in [0.717, 1.165) is 0 Å². The Labute approximate surface area is 187 Å². The number of hydrogen-bond donors (Lipinski definition) is 2. The molecular formula is C19H30FIN4O4. The Morgan fingerprint density at radius 3 is 2.31 bits per heavy atom. The fraction of sp³-hybridized carbons (Fsp3) is 0.579. The van der Waals surface area contributed by atoms with Gasteiger partial charge in [-0.05, 0) is 45.0 Å². The zero-order chi connectivity index (χ0) is 20.7. The summed E-state index contributed by atoms with van der Waals surface area (Å²) in [5.74, 6) is 0.428. The minimum Gasteiger partial charge on any atom is -0.491 e. The first-order valence-electron chi connectivity index (χ1n) is 9.23. The van der Waals surface area contributed by atoms with Crippen LogP contribution in [-0.2, 0) is 4.74 Å². The van der Waals surface area contributed by atoms with Gasteiger partial charge in [-0.15, -0.1) is 24.0 Å². The number of halogens is 2. The first-order chi connectivity index (χ1) is 13.1. The molecule has 1 aromatic carbocycles. The number of ether oxygens (including phenoxy) is 2. The third kappa shape index (κ3) is 9.03. The molecule has 8 nitrogen and oxygen atoms in total. The number of hydrogen-bond acceptors (Lipinski definition) is 5. The van der Waals surface area contributed by atoms with E-state index in [1.807, 2.05) is 25.7 Å². The monoisotopic (exact) mass is 524 g/mol. The number of amides is 1. The van der Waals surface area contributed by atoms with Gasteiger partial charge in [0.15, 0.2) is 5.96 Å². The van der Waals surface area contributed by atoms with Crippen LogP contribution in [0.2, 0.25) is 0 Å². The number of nitrogens with zero attached hydrogens (tertiary/aromatic N) is 3. The second-order valence-electron chi connectivity index (χ2n) is 7.57. The fourth-order valence-corrected chi connectivity index (χ4v) is 2.52. The SMILES string of the molecule is CC(C)(C)OC(=O)N1CCN(C(N)=NCC(O)COc2ccc(F)cc2)CC1.I. The molecule has 1 amide bonds. The molecule has 0 bridgehead atoms. The third-order valence-corrected chi connectivity index (χ3v) is 3.98. The van der Waals surface area contributed by atoms with Crippen molar-refractivity contribution in [3.8, 4) is 5.75 Å². The second-order valence-corrected chi connectivity index (χ2v) is 7.57. The molecule has 1 unspecified atom stereocenters. The minimum atomic E-state index is -0.841. The van der Waals surface area contributed by atoms with Gasteiger partial charge in [-0.2, -0.15) is 0 Å². The number of carbonyl (C=O) groups is 1. The molecule has 0 aliphatic carbocycles. The molecule has 1 fully saturated rings. The molecule has 0 spiro atoms. The lowest BCUT2D eigenvalue weighted by Gasteiger charge is -2.36. The molecule has 1 atom stereocenters. The van der Waals surface area contributed by atoms with Gasteiger partial charge < -0.3 is 30.1 Å². The third-order valence-electron chi connectivity index (χ3n) is 3.98. The minimum absolute atomic E-state index is 0. The summed E-state index contributed by atoms with van der Waals surface area (Å²) in [6.45, 7) is 7.65. The first kappa shape index (κ1) is 25.2. The molecule has 1 saturated heterocycles. The van der Waals surface area contributed by atoms with Crippen LogP contribution < -0.4 is 10.5 Å². The molecular weight excluding hydrogens is 494 g/mol. The average Bonchev–Trinajstić information content (AvgIpc) is 2.64. The number of guanidine groups is 1. The lowest BCUT2D eigenvalue weighted by atomic mass is 10.2. The predicted molar refractivity (Wildman–Crippen MR) is 119 cm³/mol. The summed E-state index contributed by atoms with van der Waals surface area (Å²) in [5.41, 5.74) is 5.46. The van der Waals surface area contributed by atoms with Crippen LogP contribution >= 0.6 is 24.0 Å². The van der Waals surface area contributed by atoms with E-state index in [1.54, 1.807) is 4.90 Å². The summed E-state index contributed by atoms with van der Waals surface area (Å²) in [6.07, 6.45) is -1.18. The molecule has 1 aliphatic heterocycles. The smallest absolute Gasteiger partial charge is 0.410 e. The molecule has 164 valence electrons. The van der Waals surface area contributed by atoms with Crippen molar-refractivity contribution in [2.75, 3.05) is 39.3 Å². The van der Waals surface area contributed by atoms with Gasteiger partial charge in [0.25, 0.3) is 0 Å². The number of piperazine rings is 1. The van der Waals surface area contributed by atoms with Crippen molar-refractivity contribution < 1.29 is 23.8 Å². The Morgan fingerprint density at radius 2 is 1.76 bits per heavy atom. The van der Waals surface area contributed by atoms with Crippen LogP contribution in [0.25, 0.3) is 0 Å². The standard InChI is InChI=1S/C19H29FN4O4.HI/c1-19(2,3)28-18(26)24-10-8-23(9-11-24)17(21)22-12-15(25)13-27-16-6-4-14(20)5-7-16;/h4-7,15,25H,8-13H2,1-3H3,(H2,21,22);1H. The zero-order valence-electron chi connectivity index (χ0n) is 17.0. The lowest BCUT2D eigenvalue weighted by Crippen LogP contribution is -2.53. The van der Waals surface area contributed by atoms with E-state index in [2.05, 4.69) is 4.99 Å². The maximum atomic E-state index is 12.8. The van der Waals surface area contributed by atoms with Gasteiger partial charge >= 0.3 is 6.09 Å². The molecule has 29 heavy (non-hydrogen) atoms. The largest absolute Gasteiger partial charge is 0.491 e. The van der Waals surface area contributed by atoms with Crippen LogP contribution in [-0.4, -0.2) is 78.0 Å². The molecule has 0 radical (unpaired) electrons. The number of benzene rings is 1. The number of aliphatic imine (C=N–C) groups is 1. The van der Waals surface area contributed by atoms with Crippen LogP contribution in [0, 0.1) is 5.82 Å². The second kappa shape index (κ2) is 11.4. The van der Waals surface area contributed by atoms with Crippen molar-refractivity contribution in [3.63, 3.8) is 0 Å². The van der Waals surface area contributed by atoms with Gasteiger partial charge in [0.2, 0.25) is 0 Å². The quantitative estimate of drug-likeness (QED) is 0.348. The van der Waals surface area contributed by atoms with E-state index in [4.69, 9.17) is 15.2 Å². The average molecular weight is 524 g/mol. The topological polar surface area (TPSA) is 101 Å². The van der Waals surface area contributed by atoms with Crippen LogP contribution in [0.5, 0.6) is 5.75 Å². The van der Waals surface area contributed by atoms with E-state index in [1.165, 1.54) is 24.3 Å². The summed E-state index contributed by atoms with van der Waals surface area (Å²) < 4.78 is 23.6. The highest BCUT2D eigenvalue weighted by atomic mass is 127. The van der Waals surface area contributed by atoms with Crippen molar-refractivity contribution in [1.82, 2.24) is 9.80 Å². The van der Waals surface area contributed by atoms with Gasteiger partial charge in [0, 0.05) is 26.2 Å². The lowest BCUT2D eigenvalue weighted by molar-refractivity contribution is 0.0186.